The zero-order chi connectivity index (χ0) is 13.4. The maximum Gasteiger partial charge on any atom is 0.00965 e. The number of hydrogen-bond donors (Lipinski definition) is 1. The zero-order valence-corrected chi connectivity index (χ0v) is 13.3. The summed E-state index contributed by atoms with van der Waals surface area (Å²) in [4.78, 5) is 3.10. The predicted molar refractivity (Wildman–Crippen MR) is 83.6 cm³/mol. The Morgan fingerprint density at radius 3 is 2.28 bits per heavy atom. The van der Waals surface area contributed by atoms with Crippen LogP contribution in [0, 0.1) is 0 Å². The quantitative estimate of drug-likeness (QED) is 0.667. The molecule has 104 valence electrons. The van der Waals surface area contributed by atoms with Crippen LogP contribution in [0.1, 0.15) is 63.1 Å². The van der Waals surface area contributed by atoms with Crippen molar-refractivity contribution in [1.82, 2.24) is 5.32 Å². The smallest absolute Gasteiger partial charge is 0.00965 e. The van der Waals surface area contributed by atoms with Crippen LogP contribution in [-0.4, -0.2) is 12.1 Å². The lowest BCUT2D eigenvalue weighted by Gasteiger charge is -2.20. The van der Waals surface area contributed by atoms with E-state index in [1.807, 2.05) is 11.3 Å². The predicted octanol–water partition coefficient (Wildman–Crippen LogP) is 4.80. The van der Waals surface area contributed by atoms with Gasteiger partial charge in [0.2, 0.25) is 0 Å². The van der Waals surface area contributed by atoms with Crippen LogP contribution in [0.5, 0.6) is 0 Å². The molecule has 0 amide bonds. The number of rotatable bonds is 8. The Kier molecular flexibility index (Phi) is 6.95. The Labute approximate surface area is 117 Å². The van der Waals surface area contributed by atoms with Gasteiger partial charge in [0.25, 0.3) is 0 Å². The third-order valence-corrected chi connectivity index (χ3v) is 4.36. The standard InChI is InChI=1S/C16H29NS/c1-5-14-11-12-15(18-14)10-8-6-7-9-13-17-16(2,3)4/h11-12,17H,5-10,13H2,1-4H3. The van der Waals surface area contributed by atoms with E-state index < -0.39 is 0 Å². The molecule has 1 heterocycles. The molecule has 1 aromatic rings. The first-order valence-corrected chi connectivity index (χ1v) is 8.15. The Morgan fingerprint density at radius 1 is 1.00 bits per heavy atom. The van der Waals surface area contributed by atoms with Gasteiger partial charge < -0.3 is 5.32 Å². The first kappa shape index (κ1) is 15.7. The van der Waals surface area contributed by atoms with Gasteiger partial charge in [0.05, 0.1) is 0 Å². The van der Waals surface area contributed by atoms with Gasteiger partial charge in [-0.2, -0.15) is 0 Å². The molecule has 1 N–H and O–H groups in total. The Morgan fingerprint density at radius 2 is 1.67 bits per heavy atom. The highest BCUT2D eigenvalue weighted by Gasteiger charge is 2.06. The normalized spacial score (nSPS) is 12.0. The van der Waals surface area contributed by atoms with Gasteiger partial charge in [0.15, 0.2) is 0 Å². The minimum absolute atomic E-state index is 0.271. The van der Waals surface area contributed by atoms with Crippen molar-refractivity contribution in [3.05, 3.63) is 21.9 Å². The van der Waals surface area contributed by atoms with E-state index in [2.05, 4.69) is 45.1 Å². The summed E-state index contributed by atoms with van der Waals surface area (Å²) >= 11 is 1.99. The molecule has 0 aliphatic heterocycles. The summed E-state index contributed by atoms with van der Waals surface area (Å²) in [6.45, 7) is 10.1. The Balaban J connectivity index is 1.99. The van der Waals surface area contributed by atoms with E-state index >= 15 is 0 Å². The molecular formula is C16H29NS. The molecule has 0 unspecified atom stereocenters. The molecule has 0 bridgehead atoms. The van der Waals surface area contributed by atoms with E-state index in [1.54, 1.807) is 4.88 Å². The van der Waals surface area contributed by atoms with Gasteiger partial charge in [-0.15, -0.1) is 11.3 Å². The Bertz CT molecular complexity index is 322. The SMILES string of the molecule is CCc1ccc(CCCCCCNC(C)(C)C)s1. The van der Waals surface area contributed by atoms with Gasteiger partial charge in [0.1, 0.15) is 0 Å². The lowest BCUT2D eigenvalue weighted by atomic mass is 10.1. The molecular weight excluding hydrogens is 238 g/mol. The van der Waals surface area contributed by atoms with Crippen LogP contribution in [-0.2, 0) is 12.8 Å². The van der Waals surface area contributed by atoms with Gasteiger partial charge in [0, 0.05) is 15.3 Å². The molecule has 18 heavy (non-hydrogen) atoms. The van der Waals surface area contributed by atoms with Crippen LogP contribution < -0.4 is 5.32 Å². The molecule has 0 aliphatic carbocycles. The van der Waals surface area contributed by atoms with Crippen molar-refractivity contribution in [2.45, 2.75) is 71.8 Å². The van der Waals surface area contributed by atoms with Crippen molar-refractivity contribution >= 4 is 11.3 Å². The molecule has 0 spiro atoms. The molecule has 0 atom stereocenters. The second-order valence-corrected chi connectivity index (χ2v) is 7.32. The summed E-state index contributed by atoms with van der Waals surface area (Å²) in [5, 5.41) is 3.54. The number of hydrogen-bond acceptors (Lipinski definition) is 2. The minimum atomic E-state index is 0.271. The average Bonchev–Trinajstić information content (AvgIpc) is 2.74. The summed E-state index contributed by atoms with van der Waals surface area (Å²) in [6.07, 6.45) is 7.84. The third-order valence-electron chi connectivity index (χ3n) is 3.07. The van der Waals surface area contributed by atoms with Crippen molar-refractivity contribution in [3.63, 3.8) is 0 Å². The fraction of sp³-hybridized carbons (Fsp3) is 0.750. The van der Waals surface area contributed by atoms with Crippen LogP contribution in [0.3, 0.4) is 0 Å². The third kappa shape index (κ3) is 7.17. The van der Waals surface area contributed by atoms with Crippen LogP contribution in [0.15, 0.2) is 12.1 Å². The summed E-state index contributed by atoms with van der Waals surface area (Å²) in [7, 11) is 0. The largest absolute Gasteiger partial charge is 0.312 e. The van der Waals surface area contributed by atoms with E-state index in [-0.39, 0.29) is 5.54 Å². The van der Waals surface area contributed by atoms with Crippen molar-refractivity contribution in [2.75, 3.05) is 6.54 Å². The van der Waals surface area contributed by atoms with Crippen LogP contribution in [0.4, 0.5) is 0 Å². The summed E-state index contributed by atoms with van der Waals surface area (Å²) in [5.41, 5.74) is 0.271. The molecule has 2 heteroatoms. The highest BCUT2D eigenvalue weighted by atomic mass is 32.1. The van der Waals surface area contributed by atoms with Crippen LogP contribution >= 0.6 is 11.3 Å². The number of unbranched alkanes of at least 4 members (excludes halogenated alkanes) is 3. The highest BCUT2D eigenvalue weighted by molar-refractivity contribution is 7.11. The lowest BCUT2D eigenvalue weighted by Crippen LogP contribution is -2.36. The number of thiophene rings is 1. The fourth-order valence-electron chi connectivity index (χ4n) is 1.99. The van der Waals surface area contributed by atoms with Gasteiger partial charge in [-0.25, -0.2) is 0 Å². The molecule has 0 saturated carbocycles. The molecule has 1 nitrogen and oxygen atoms in total. The van der Waals surface area contributed by atoms with E-state index in [0.717, 1.165) is 6.54 Å². The highest BCUT2D eigenvalue weighted by Crippen LogP contribution is 2.19. The van der Waals surface area contributed by atoms with Crippen molar-refractivity contribution in [3.8, 4) is 0 Å². The molecule has 1 aromatic heterocycles. The van der Waals surface area contributed by atoms with Gasteiger partial charge in [-0.3, -0.25) is 0 Å². The first-order valence-electron chi connectivity index (χ1n) is 7.34. The first-order chi connectivity index (χ1) is 8.51. The zero-order valence-electron chi connectivity index (χ0n) is 12.5. The van der Waals surface area contributed by atoms with Crippen molar-refractivity contribution < 1.29 is 0 Å². The van der Waals surface area contributed by atoms with E-state index in [0.29, 0.717) is 0 Å². The number of aryl methyl sites for hydroxylation is 2. The molecule has 0 aromatic carbocycles. The maximum absolute atomic E-state index is 3.54. The van der Waals surface area contributed by atoms with E-state index in [1.165, 1.54) is 43.4 Å². The summed E-state index contributed by atoms with van der Waals surface area (Å²) in [6, 6.07) is 4.60. The summed E-state index contributed by atoms with van der Waals surface area (Å²) < 4.78 is 0. The van der Waals surface area contributed by atoms with Gasteiger partial charge >= 0.3 is 0 Å². The molecule has 0 saturated heterocycles. The second-order valence-electron chi connectivity index (χ2n) is 6.06. The van der Waals surface area contributed by atoms with Crippen molar-refractivity contribution in [2.24, 2.45) is 0 Å². The second kappa shape index (κ2) is 7.96. The lowest BCUT2D eigenvalue weighted by molar-refractivity contribution is 0.416. The molecule has 0 radical (unpaired) electrons. The van der Waals surface area contributed by atoms with Gasteiger partial charge in [-0.1, -0.05) is 19.8 Å². The number of nitrogens with one attached hydrogen (secondary N) is 1. The minimum Gasteiger partial charge on any atom is -0.312 e. The molecule has 0 fully saturated rings. The monoisotopic (exact) mass is 267 g/mol. The van der Waals surface area contributed by atoms with Crippen LogP contribution in [0.25, 0.3) is 0 Å². The van der Waals surface area contributed by atoms with Gasteiger partial charge in [-0.05, 0) is 65.1 Å². The summed E-state index contributed by atoms with van der Waals surface area (Å²) in [5.74, 6) is 0. The maximum atomic E-state index is 3.54. The fourth-order valence-corrected chi connectivity index (χ4v) is 2.99. The van der Waals surface area contributed by atoms with Crippen molar-refractivity contribution in [1.29, 1.82) is 0 Å². The van der Waals surface area contributed by atoms with E-state index in [4.69, 9.17) is 0 Å². The molecule has 1 rings (SSSR count). The van der Waals surface area contributed by atoms with E-state index in [9.17, 15) is 0 Å². The average molecular weight is 267 g/mol. The van der Waals surface area contributed by atoms with Crippen LogP contribution in [0.2, 0.25) is 0 Å². The topological polar surface area (TPSA) is 12.0 Å². The molecule has 0 aliphatic rings. The Hall–Kier alpha value is -0.340.